The number of carbonyl (C=O) groups is 2. The van der Waals surface area contributed by atoms with Gasteiger partial charge in [-0.3, -0.25) is 4.79 Å². The first kappa shape index (κ1) is 16.8. The lowest BCUT2D eigenvalue weighted by atomic mass is 10.2. The fraction of sp³-hybridized carbons (Fsp3) is 0.263. The number of carbonyl (C=O) groups excluding carboxylic acids is 2. The van der Waals surface area contributed by atoms with Crippen LogP contribution in [0.2, 0.25) is 0 Å². The summed E-state index contributed by atoms with van der Waals surface area (Å²) < 4.78 is 5.17. The molecule has 2 aromatic rings. The van der Waals surface area contributed by atoms with Gasteiger partial charge in [-0.05, 0) is 23.3 Å². The van der Waals surface area contributed by atoms with Crippen molar-refractivity contribution in [3.8, 4) is 5.75 Å². The molecule has 0 spiro atoms. The van der Waals surface area contributed by atoms with Gasteiger partial charge in [0.1, 0.15) is 11.8 Å². The molecule has 3 amide bonds. The molecule has 1 aliphatic rings. The van der Waals surface area contributed by atoms with Gasteiger partial charge in [-0.1, -0.05) is 42.5 Å². The van der Waals surface area contributed by atoms with E-state index in [0.717, 1.165) is 16.9 Å². The zero-order valence-corrected chi connectivity index (χ0v) is 14.1. The highest BCUT2D eigenvalue weighted by molar-refractivity contribution is 5.90. The Balaban J connectivity index is 1.53. The number of hydrogen-bond acceptors (Lipinski definition) is 3. The topological polar surface area (TPSA) is 70.7 Å². The minimum Gasteiger partial charge on any atom is -0.497 e. The summed E-state index contributed by atoms with van der Waals surface area (Å²) in [6, 6.07) is 16.5. The predicted octanol–water partition coefficient (Wildman–Crippen LogP) is 1.91. The number of nitrogens with zero attached hydrogens (tertiary/aromatic N) is 1. The van der Waals surface area contributed by atoms with Crippen molar-refractivity contribution in [2.24, 2.45) is 0 Å². The molecule has 1 aliphatic heterocycles. The van der Waals surface area contributed by atoms with Crippen molar-refractivity contribution in [3.63, 3.8) is 0 Å². The fourth-order valence-corrected chi connectivity index (χ4v) is 2.77. The number of hydrogen-bond donors (Lipinski definition) is 2. The second-order valence-corrected chi connectivity index (χ2v) is 5.94. The van der Waals surface area contributed by atoms with Gasteiger partial charge in [0.2, 0.25) is 5.91 Å². The van der Waals surface area contributed by atoms with E-state index in [1.54, 1.807) is 12.0 Å². The van der Waals surface area contributed by atoms with Crippen molar-refractivity contribution >= 4 is 11.9 Å². The lowest BCUT2D eigenvalue weighted by Gasteiger charge is -2.14. The standard InChI is InChI=1S/C19H21N3O3/c1-25-16-9-5-8-15(10-16)11-20-18(23)17-13-22(19(24)21-17)12-14-6-3-2-4-7-14/h2-10,17H,11-13H2,1H3,(H,20,23)(H,21,24). The third kappa shape index (κ3) is 4.29. The number of rotatable bonds is 6. The van der Waals surface area contributed by atoms with E-state index in [4.69, 9.17) is 4.74 Å². The lowest BCUT2D eigenvalue weighted by molar-refractivity contribution is -0.122. The molecule has 0 aromatic heterocycles. The van der Waals surface area contributed by atoms with E-state index < -0.39 is 6.04 Å². The van der Waals surface area contributed by atoms with Crippen LogP contribution in [0, 0.1) is 0 Å². The summed E-state index contributed by atoms with van der Waals surface area (Å²) in [6.45, 7) is 1.24. The highest BCUT2D eigenvalue weighted by Gasteiger charge is 2.33. The molecular weight excluding hydrogens is 318 g/mol. The first-order valence-corrected chi connectivity index (χ1v) is 8.15. The molecule has 0 saturated carbocycles. The van der Waals surface area contributed by atoms with Crippen LogP contribution in [0.25, 0.3) is 0 Å². The summed E-state index contributed by atoms with van der Waals surface area (Å²) in [4.78, 5) is 26.0. The van der Waals surface area contributed by atoms with Gasteiger partial charge in [0, 0.05) is 13.1 Å². The molecule has 25 heavy (non-hydrogen) atoms. The molecule has 6 nitrogen and oxygen atoms in total. The van der Waals surface area contributed by atoms with Crippen molar-refractivity contribution < 1.29 is 14.3 Å². The van der Waals surface area contributed by atoms with Crippen LogP contribution in [0.5, 0.6) is 5.75 Å². The van der Waals surface area contributed by atoms with Gasteiger partial charge in [0.05, 0.1) is 13.7 Å². The van der Waals surface area contributed by atoms with Crippen molar-refractivity contribution in [2.45, 2.75) is 19.1 Å². The van der Waals surface area contributed by atoms with Crippen molar-refractivity contribution in [1.82, 2.24) is 15.5 Å². The summed E-state index contributed by atoms with van der Waals surface area (Å²) in [6.07, 6.45) is 0. The molecule has 0 aliphatic carbocycles. The Morgan fingerprint density at radius 2 is 1.96 bits per heavy atom. The van der Waals surface area contributed by atoms with E-state index in [1.807, 2.05) is 54.6 Å². The lowest BCUT2D eigenvalue weighted by Crippen LogP contribution is -2.42. The second-order valence-electron chi connectivity index (χ2n) is 5.94. The van der Waals surface area contributed by atoms with Crippen molar-refractivity contribution in [1.29, 1.82) is 0 Å². The zero-order valence-electron chi connectivity index (χ0n) is 14.1. The van der Waals surface area contributed by atoms with Gasteiger partial charge >= 0.3 is 6.03 Å². The molecule has 6 heteroatoms. The first-order valence-electron chi connectivity index (χ1n) is 8.15. The first-order chi connectivity index (χ1) is 12.2. The molecule has 2 N–H and O–H groups in total. The molecule has 0 bridgehead atoms. The van der Waals surface area contributed by atoms with Gasteiger partial charge < -0.3 is 20.3 Å². The summed E-state index contributed by atoms with van der Waals surface area (Å²) in [7, 11) is 1.60. The normalized spacial score (nSPS) is 16.4. The highest BCUT2D eigenvalue weighted by Crippen LogP contribution is 2.13. The number of amides is 3. The molecule has 2 aromatic carbocycles. The van der Waals surface area contributed by atoms with Crippen LogP contribution in [-0.4, -0.2) is 36.5 Å². The predicted molar refractivity (Wildman–Crippen MR) is 94.0 cm³/mol. The number of nitrogens with one attached hydrogen (secondary N) is 2. The minimum absolute atomic E-state index is 0.188. The molecule has 1 fully saturated rings. The van der Waals surface area contributed by atoms with E-state index in [-0.39, 0.29) is 11.9 Å². The van der Waals surface area contributed by atoms with E-state index in [9.17, 15) is 9.59 Å². The Morgan fingerprint density at radius 1 is 1.20 bits per heavy atom. The van der Waals surface area contributed by atoms with E-state index in [2.05, 4.69) is 10.6 Å². The Kier molecular flexibility index (Phi) is 5.18. The maximum Gasteiger partial charge on any atom is 0.318 e. The van der Waals surface area contributed by atoms with Crippen LogP contribution in [0.3, 0.4) is 0 Å². The van der Waals surface area contributed by atoms with Crippen LogP contribution in [0.1, 0.15) is 11.1 Å². The van der Waals surface area contributed by atoms with Crippen LogP contribution >= 0.6 is 0 Å². The maximum atomic E-state index is 12.3. The van der Waals surface area contributed by atoms with E-state index in [1.165, 1.54) is 0 Å². The van der Waals surface area contributed by atoms with Gasteiger partial charge in [0.15, 0.2) is 0 Å². The van der Waals surface area contributed by atoms with Gasteiger partial charge in [-0.2, -0.15) is 0 Å². The molecule has 1 saturated heterocycles. The van der Waals surface area contributed by atoms with Crippen LogP contribution in [0.15, 0.2) is 54.6 Å². The van der Waals surface area contributed by atoms with Crippen molar-refractivity contribution in [3.05, 3.63) is 65.7 Å². The third-order valence-electron chi connectivity index (χ3n) is 4.12. The SMILES string of the molecule is COc1cccc(CNC(=O)C2CN(Cc3ccccc3)C(=O)N2)c1. The average molecular weight is 339 g/mol. The van der Waals surface area contributed by atoms with E-state index >= 15 is 0 Å². The Bertz CT molecular complexity index is 749. The van der Waals surface area contributed by atoms with Crippen LogP contribution in [0.4, 0.5) is 4.79 Å². The molecule has 0 radical (unpaired) electrons. The zero-order chi connectivity index (χ0) is 17.6. The maximum absolute atomic E-state index is 12.3. The molecule has 1 unspecified atom stereocenters. The molecule has 1 heterocycles. The third-order valence-corrected chi connectivity index (χ3v) is 4.12. The number of benzene rings is 2. The highest BCUT2D eigenvalue weighted by atomic mass is 16.5. The van der Waals surface area contributed by atoms with E-state index in [0.29, 0.717) is 19.6 Å². The van der Waals surface area contributed by atoms with Gasteiger partial charge in [-0.25, -0.2) is 4.79 Å². The quantitative estimate of drug-likeness (QED) is 0.844. The fourth-order valence-electron chi connectivity index (χ4n) is 2.77. The van der Waals surface area contributed by atoms with Crippen LogP contribution in [-0.2, 0) is 17.9 Å². The average Bonchev–Trinajstić information content (AvgIpc) is 3.01. The second kappa shape index (κ2) is 7.70. The number of ether oxygens (including phenoxy) is 1. The summed E-state index contributed by atoms with van der Waals surface area (Å²) in [5, 5.41) is 5.59. The molecule has 130 valence electrons. The minimum atomic E-state index is -0.540. The molecule has 1 atom stereocenters. The van der Waals surface area contributed by atoms with Crippen molar-refractivity contribution in [2.75, 3.05) is 13.7 Å². The Hall–Kier alpha value is -3.02. The van der Waals surface area contributed by atoms with Gasteiger partial charge in [0.25, 0.3) is 0 Å². The Labute approximate surface area is 146 Å². The monoisotopic (exact) mass is 339 g/mol. The Morgan fingerprint density at radius 3 is 2.72 bits per heavy atom. The van der Waals surface area contributed by atoms with Gasteiger partial charge in [-0.15, -0.1) is 0 Å². The molecule has 3 rings (SSSR count). The summed E-state index contributed by atoms with van der Waals surface area (Å²) >= 11 is 0. The summed E-state index contributed by atoms with van der Waals surface area (Å²) in [5.74, 6) is 0.557. The largest absolute Gasteiger partial charge is 0.497 e. The smallest absolute Gasteiger partial charge is 0.318 e. The number of urea groups is 1. The summed E-state index contributed by atoms with van der Waals surface area (Å²) in [5.41, 5.74) is 1.98. The van der Waals surface area contributed by atoms with Crippen LogP contribution < -0.4 is 15.4 Å². The molecular formula is C19H21N3O3. The number of methoxy groups -OCH3 is 1.